The molecule has 2 N–H and O–H groups in total. The Bertz CT molecular complexity index is 685. The van der Waals surface area contributed by atoms with Crippen molar-refractivity contribution in [1.82, 2.24) is 5.32 Å². The zero-order chi connectivity index (χ0) is 16.3. The molecule has 1 aliphatic carbocycles. The Morgan fingerprint density at radius 3 is 2.57 bits per heavy atom. The van der Waals surface area contributed by atoms with Gasteiger partial charge in [-0.1, -0.05) is 25.3 Å². The highest BCUT2D eigenvalue weighted by molar-refractivity contribution is 7.13. The van der Waals surface area contributed by atoms with Crippen molar-refractivity contribution < 1.29 is 14.7 Å². The lowest BCUT2D eigenvalue weighted by Crippen LogP contribution is -2.45. The minimum Gasteiger partial charge on any atom is -0.477 e. The Morgan fingerprint density at radius 1 is 1.17 bits per heavy atom. The van der Waals surface area contributed by atoms with Crippen LogP contribution in [-0.2, 0) is 16.8 Å². The van der Waals surface area contributed by atoms with Crippen molar-refractivity contribution in [2.45, 2.75) is 44.1 Å². The van der Waals surface area contributed by atoms with E-state index in [4.69, 9.17) is 5.11 Å². The highest BCUT2D eigenvalue weighted by Crippen LogP contribution is 2.41. The molecule has 0 saturated heterocycles. The number of hydrogen-bond donors (Lipinski definition) is 2. The van der Waals surface area contributed by atoms with Crippen molar-refractivity contribution in [2.24, 2.45) is 0 Å². The van der Waals surface area contributed by atoms with Gasteiger partial charge in [0.2, 0.25) is 5.91 Å². The fraction of sp³-hybridized carbons (Fsp3) is 0.412. The highest BCUT2D eigenvalue weighted by atomic mass is 32.1. The standard InChI is InChI=1S/C17H19NO3S2/c19-15(20)13-7-6-12(23-13)11-18-16(21)17(8-2-1-3-9-17)14-5-4-10-22-14/h4-7,10H,1-3,8-9,11H2,(H,18,21)(H,19,20). The number of nitrogens with one attached hydrogen (secondary N) is 1. The van der Waals surface area contributed by atoms with Gasteiger partial charge in [-0.15, -0.1) is 22.7 Å². The predicted molar refractivity (Wildman–Crippen MR) is 92.2 cm³/mol. The third-order valence-corrected chi connectivity index (χ3v) is 6.58. The maximum Gasteiger partial charge on any atom is 0.345 e. The van der Waals surface area contributed by atoms with Crippen LogP contribution in [0.25, 0.3) is 0 Å². The van der Waals surface area contributed by atoms with E-state index in [1.54, 1.807) is 23.5 Å². The SMILES string of the molecule is O=C(O)c1ccc(CNC(=O)C2(c3cccs3)CCCCC2)s1. The summed E-state index contributed by atoms with van der Waals surface area (Å²) in [6.07, 6.45) is 5.13. The Hall–Kier alpha value is -1.66. The van der Waals surface area contributed by atoms with Crippen LogP contribution in [0.5, 0.6) is 0 Å². The second-order valence-corrected chi connectivity index (χ2v) is 7.99. The van der Waals surface area contributed by atoms with E-state index in [0.29, 0.717) is 11.4 Å². The largest absolute Gasteiger partial charge is 0.477 e. The molecule has 0 aromatic carbocycles. The van der Waals surface area contributed by atoms with Crippen LogP contribution in [0.4, 0.5) is 0 Å². The summed E-state index contributed by atoms with van der Waals surface area (Å²) in [5.41, 5.74) is -0.403. The maximum absolute atomic E-state index is 12.9. The van der Waals surface area contributed by atoms with Crippen molar-refractivity contribution in [1.29, 1.82) is 0 Å². The van der Waals surface area contributed by atoms with Crippen molar-refractivity contribution >= 4 is 34.6 Å². The van der Waals surface area contributed by atoms with Gasteiger partial charge in [0.15, 0.2) is 0 Å². The summed E-state index contributed by atoms with van der Waals surface area (Å²) in [5.74, 6) is -0.847. The van der Waals surface area contributed by atoms with Crippen LogP contribution in [-0.4, -0.2) is 17.0 Å². The molecule has 6 heteroatoms. The number of carboxylic acids is 1. The molecular formula is C17H19NO3S2. The molecule has 0 bridgehead atoms. The molecule has 122 valence electrons. The topological polar surface area (TPSA) is 66.4 Å². The van der Waals surface area contributed by atoms with Gasteiger partial charge in [0.25, 0.3) is 0 Å². The van der Waals surface area contributed by atoms with Gasteiger partial charge < -0.3 is 10.4 Å². The highest BCUT2D eigenvalue weighted by Gasteiger charge is 2.41. The van der Waals surface area contributed by atoms with Gasteiger partial charge in [0.1, 0.15) is 4.88 Å². The van der Waals surface area contributed by atoms with Crippen molar-refractivity contribution in [3.8, 4) is 0 Å². The molecule has 0 atom stereocenters. The number of thiophene rings is 2. The van der Waals surface area contributed by atoms with Crippen molar-refractivity contribution in [3.05, 3.63) is 44.3 Å². The normalized spacial score (nSPS) is 16.9. The van der Waals surface area contributed by atoms with E-state index in [-0.39, 0.29) is 5.91 Å². The summed E-state index contributed by atoms with van der Waals surface area (Å²) >= 11 is 2.86. The molecule has 0 aliphatic heterocycles. The zero-order valence-corrected chi connectivity index (χ0v) is 14.3. The lowest BCUT2D eigenvalue weighted by atomic mass is 9.72. The van der Waals surface area contributed by atoms with Gasteiger partial charge in [-0.2, -0.15) is 0 Å². The fourth-order valence-electron chi connectivity index (χ4n) is 3.22. The molecule has 23 heavy (non-hydrogen) atoms. The van der Waals surface area contributed by atoms with Gasteiger partial charge in [0.05, 0.1) is 12.0 Å². The van der Waals surface area contributed by atoms with E-state index in [0.717, 1.165) is 35.4 Å². The molecule has 3 rings (SSSR count). The average Bonchev–Trinajstić information content (AvgIpc) is 3.25. The summed E-state index contributed by atoms with van der Waals surface area (Å²) in [5, 5.41) is 14.0. The lowest BCUT2D eigenvalue weighted by molar-refractivity contribution is -0.128. The first-order chi connectivity index (χ1) is 11.1. The van der Waals surface area contributed by atoms with E-state index in [2.05, 4.69) is 11.4 Å². The molecule has 0 unspecified atom stereocenters. The monoisotopic (exact) mass is 349 g/mol. The fourth-order valence-corrected chi connectivity index (χ4v) is 4.99. The van der Waals surface area contributed by atoms with E-state index >= 15 is 0 Å². The molecular weight excluding hydrogens is 330 g/mol. The molecule has 1 saturated carbocycles. The van der Waals surface area contributed by atoms with E-state index in [1.165, 1.54) is 17.8 Å². The van der Waals surface area contributed by atoms with Crippen LogP contribution >= 0.6 is 22.7 Å². The lowest BCUT2D eigenvalue weighted by Gasteiger charge is -2.35. The van der Waals surface area contributed by atoms with Crippen LogP contribution in [0.3, 0.4) is 0 Å². The Labute approximate surface area is 143 Å². The molecule has 2 aromatic heterocycles. The number of carbonyl (C=O) groups is 2. The average molecular weight is 349 g/mol. The van der Waals surface area contributed by atoms with E-state index in [1.807, 2.05) is 11.4 Å². The third kappa shape index (κ3) is 3.33. The van der Waals surface area contributed by atoms with Crippen LogP contribution in [0.2, 0.25) is 0 Å². The summed E-state index contributed by atoms with van der Waals surface area (Å²) in [6, 6.07) is 7.42. The second-order valence-electron chi connectivity index (χ2n) is 5.87. The summed E-state index contributed by atoms with van der Waals surface area (Å²) in [4.78, 5) is 26.2. The number of carbonyl (C=O) groups excluding carboxylic acids is 1. The molecule has 2 heterocycles. The molecule has 4 nitrogen and oxygen atoms in total. The first-order valence-electron chi connectivity index (χ1n) is 7.76. The molecule has 0 spiro atoms. The van der Waals surface area contributed by atoms with Crippen LogP contribution in [0, 0.1) is 0 Å². The number of carboxylic acid groups (broad SMARTS) is 1. The molecule has 1 amide bonds. The van der Waals surface area contributed by atoms with Gasteiger partial charge >= 0.3 is 5.97 Å². The van der Waals surface area contributed by atoms with E-state index < -0.39 is 11.4 Å². The quantitative estimate of drug-likeness (QED) is 0.856. The number of hydrogen-bond acceptors (Lipinski definition) is 4. The minimum absolute atomic E-state index is 0.0740. The third-order valence-electron chi connectivity index (χ3n) is 4.43. The van der Waals surface area contributed by atoms with Crippen molar-refractivity contribution in [3.63, 3.8) is 0 Å². The summed E-state index contributed by atoms with van der Waals surface area (Å²) in [6.45, 7) is 0.393. The molecule has 0 radical (unpaired) electrons. The first-order valence-corrected chi connectivity index (χ1v) is 9.46. The van der Waals surface area contributed by atoms with Gasteiger partial charge in [-0.3, -0.25) is 4.79 Å². The first kappa shape index (κ1) is 16.2. The number of aromatic carboxylic acids is 1. The predicted octanol–water partition coefficient (Wildman–Crippen LogP) is 4.03. The van der Waals surface area contributed by atoms with Crippen LogP contribution in [0.1, 0.15) is 51.5 Å². The summed E-state index contributed by atoms with van der Waals surface area (Å²) in [7, 11) is 0. The zero-order valence-electron chi connectivity index (χ0n) is 12.7. The number of amides is 1. The minimum atomic E-state index is -0.921. The Kier molecular flexibility index (Phi) is 4.82. The van der Waals surface area contributed by atoms with Gasteiger partial charge in [-0.25, -0.2) is 4.79 Å². The summed E-state index contributed by atoms with van der Waals surface area (Å²) < 4.78 is 0. The maximum atomic E-state index is 12.9. The smallest absolute Gasteiger partial charge is 0.345 e. The Morgan fingerprint density at radius 2 is 1.96 bits per heavy atom. The number of rotatable bonds is 5. The van der Waals surface area contributed by atoms with Gasteiger partial charge in [0, 0.05) is 9.75 Å². The van der Waals surface area contributed by atoms with Crippen LogP contribution < -0.4 is 5.32 Å². The molecule has 2 aromatic rings. The second kappa shape index (κ2) is 6.84. The van der Waals surface area contributed by atoms with Gasteiger partial charge in [-0.05, 0) is 36.4 Å². The van der Waals surface area contributed by atoms with E-state index in [9.17, 15) is 9.59 Å². The Balaban J connectivity index is 1.72. The molecule has 1 fully saturated rings. The van der Waals surface area contributed by atoms with Crippen LogP contribution in [0.15, 0.2) is 29.6 Å². The van der Waals surface area contributed by atoms with Crippen molar-refractivity contribution in [2.75, 3.05) is 0 Å². The molecule has 1 aliphatic rings.